The molecule has 1 N–H and O–H groups in total. The molecule has 0 radical (unpaired) electrons. The second kappa shape index (κ2) is 11.0. The summed E-state index contributed by atoms with van der Waals surface area (Å²) in [6.07, 6.45) is 0.394. The Labute approximate surface area is 194 Å². The molecule has 0 unspecified atom stereocenters. The highest BCUT2D eigenvalue weighted by atomic mass is 35.5. The summed E-state index contributed by atoms with van der Waals surface area (Å²) in [4.78, 5) is 12.7. The topological polar surface area (TPSA) is 78.3 Å². The number of thioether (sulfide) groups is 1. The van der Waals surface area contributed by atoms with E-state index in [9.17, 15) is 9.18 Å². The van der Waals surface area contributed by atoms with E-state index in [1.54, 1.807) is 30.3 Å². The van der Waals surface area contributed by atoms with E-state index in [0.29, 0.717) is 57.5 Å². The molecule has 0 saturated heterocycles. The van der Waals surface area contributed by atoms with Crippen molar-refractivity contribution in [2.45, 2.75) is 11.6 Å². The normalized spacial score (nSPS) is 10.6. The van der Waals surface area contributed by atoms with Crippen LogP contribution in [0.5, 0.6) is 11.5 Å². The van der Waals surface area contributed by atoms with Crippen LogP contribution < -0.4 is 14.8 Å². The maximum atomic E-state index is 13.4. The largest absolute Gasteiger partial charge is 0.497 e. The summed E-state index contributed by atoms with van der Waals surface area (Å²) in [6.45, 7) is 3.98. The lowest BCUT2D eigenvalue weighted by atomic mass is 10.1. The molecule has 168 valence electrons. The SMILES string of the molecule is C=C(Cl)CSc1nnc(CCNC(=O)c2cc(OC)ccc2OC)n1-c1ccc(F)cc1. The zero-order chi connectivity index (χ0) is 23.1. The standard InChI is InChI=1S/C22H22ClFN4O3S/c1-14(23)13-32-22-27-26-20(28(22)16-6-4-15(24)5-7-16)10-11-25-21(29)18-12-17(30-2)8-9-19(18)31-3/h4-9,12H,1,10-11,13H2,2-3H3,(H,25,29). The van der Waals surface area contributed by atoms with Crippen molar-refractivity contribution >= 4 is 29.3 Å². The van der Waals surface area contributed by atoms with Gasteiger partial charge in [-0.3, -0.25) is 9.36 Å². The number of aromatic nitrogens is 3. The lowest BCUT2D eigenvalue weighted by Crippen LogP contribution is -2.27. The predicted molar refractivity (Wildman–Crippen MR) is 123 cm³/mol. The number of halogens is 2. The van der Waals surface area contributed by atoms with Crippen LogP contribution in [0.4, 0.5) is 4.39 Å². The molecule has 0 atom stereocenters. The molecular formula is C22H22ClFN4O3S. The van der Waals surface area contributed by atoms with Gasteiger partial charge in [0.25, 0.3) is 5.91 Å². The average Bonchev–Trinajstić information content (AvgIpc) is 3.20. The number of carbonyl (C=O) groups excluding carboxylic acids is 1. The van der Waals surface area contributed by atoms with Crippen LogP contribution in [-0.2, 0) is 6.42 Å². The van der Waals surface area contributed by atoms with Crippen LogP contribution in [0, 0.1) is 5.82 Å². The van der Waals surface area contributed by atoms with Crippen molar-refractivity contribution in [3.05, 3.63) is 71.3 Å². The summed E-state index contributed by atoms with van der Waals surface area (Å²) in [5.74, 6) is 1.41. The smallest absolute Gasteiger partial charge is 0.255 e. The first-order valence-corrected chi connectivity index (χ1v) is 11.0. The number of hydrogen-bond acceptors (Lipinski definition) is 6. The minimum Gasteiger partial charge on any atom is -0.497 e. The van der Waals surface area contributed by atoms with Crippen molar-refractivity contribution in [3.63, 3.8) is 0 Å². The maximum Gasteiger partial charge on any atom is 0.255 e. The summed E-state index contributed by atoms with van der Waals surface area (Å²) >= 11 is 7.25. The van der Waals surface area contributed by atoms with Crippen LogP contribution in [0.25, 0.3) is 5.69 Å². The van der Waals surface area contributed by atoms with Gasteiger partial charge in [-0.1, -0.05) is 29.9 Å². The van der Waals surface area contributed by atoms with E-state index >= 15 is 0 Å². The maximum absolute atomic E-state index is 13.4. The van der Waals surface area contributed by atoms with Crippen LogP contribution in [0.15, 0.2) is 59.2 Å². The Kier molecular flexibility index (Phi) is 8.13. The van der Waals surface area contributed by atoms with Crippen molar-refractivity contribution in [2.75, 3.05) is 26.5 Å². The zero-order valence-corrected chi connectivity index (χ0v) is 19.2. The highest BCUT2D eigenvalue weighted by molar-refractivity contribution is 7.99. The first kappa shape index (κ1) is 23.6. The number of nitrogens with one attached hydrogen (secondary N) is 1. The van der Waals surface area contributed by atoms with Crippen LogP contribution in [0.2, 0.25) is 0 Å². The monoisotopic (exact) mass is 476 g/mol. The van der Waals surface area contributed by atoms with Crippen molar-refractivity contribution in [1.82, 2.24) is 20.1 Å². The lowest BCUT2D eigenvalue weighted by molar-refractivity contribution is 0.0950. The van der Waals surface area contributed by atoms with Gasteiger partial charge < -0.3 is 14.8 Å². The molecule has 0 spiro atoms. The van der Waals surface area contributed by atoms with E-state index in [4.69, 9.17) is 21.1 Å². The summed E-state index contributed by atoms with van der Waals surface area (Å²) in [6, 6.07) is 11.0. The molecular weight excluding hydrogens is 455 g/mol. The van der Waals surface area contributed by atoms with Gasteiger partial charge in [0, 0.05) is 29.4 Å². The zero-order valence-electron chi connectivity index (χ0n) is 17.6. The summed E-state index contributed by atoms with van der Waals surface area (Å²) in [7, 11) is 3.03. The van der Waals surface area contributed by atoms with Gasteiger partial charge >= 0.3 is 0 Å². The fourth-order valence-corrected chi connectivity index (χ4v) is 3.81. The second-order valence-corrected chi connectivity index (χ2v) is 8.07. The highest BCUT2D eigenvalue weighted by Gasteiger charge is 2.17. The van der Waals surface area contributed by atoms with Gasteiger partial charge in [0.2, 0.25) is 0 Å². The van der Waals surface area contributed by atoms with E-state index in [1.165, 1.54) is 38.1 Å². The minimum atomic E-state index is -0.341. The van der Waals surface area contributed by atoms with E-state index in [1.807, 2.05) is 4.57 Å². The molecule has 0 aliphatic carbocycles. The molecule has 3 rings (SSSR count). The molecule has 0 fully saturated rings. The van der Waals surface area contributed by atoms with Gasteiger partial charge in [0.05, 0.1) is 19.8 Å². The number of carbonyl (C=O) groups is 1. The first-order chi connectivity index (χ1) is 15.4. The Balaban J connectivity index is 1.77. The summed E-state index contributed by atoms with van der Waals surface area (Å²) in [5, 5.41) is 12.4. The Morgan fingerprint density at radius 3 is 2.59 bits per heavy atom. The Morgan fingerprint density at radius 2 is 1.94 bits per heavy atom. The van der Waals surface area contributed by atoms with Crippen LogP contribution in [-0.4, -0.2) is 47.2 Å². The number of methoxy groups -OCH3 is 2. The molecule has 0 aliphatic heterocycles. The molecule has 0 saturated carbocycles. The van der Waals surface area contributed by atoms with E-state index in [0.717, 1.165) is 0 Å². The molecule has 1 aromatic heterocycles. The minimum absolute atomic E-state index is 0.297. The first-order valence-electron chi connectivity index (χ1n) is 9.59. The molecule has 32 heavy (non-hydrogen) atoms. The molecule has 0 aliphatic rings. The number of rotatable bonds is 10. The molecule has 10 heteroatoms. The fourth-order valence-electron chi connectivity index (χ4n) is 2.92. The van der Waals surface area contributed by atoms with Crippen molar-refractivity contribution < 1.29 is 18.7 Å². The van der Waals surface area contributed by atoms with Crippen molar-refractivity contribution in [1.29, 1.82) is 0 Å². The number of hydrogen-bond donors (Lipinski definition) is 1. The third-order valence-electron chi connectivity index (χ3n) is 4.43. The predicted octanol–water partition coefficient (Wildman–Crippen LogP) is 4.24. The van der Waals surface area contributed by atoms with Gasteiger partial charge in [-0.2, -0.15) is 0 Å². The molecule has 1 amide bonds. The number of benzene rings is 2. The fraction of sp³-hybridized carbons (Fsp3) is 0.227. The van der Waals surface area contributed by atoms with E-state index in [-0.39, 0.29) is 11.7 Å². The molecule has 2 aromatic carbocycles. The number of nitrogens with zero attached hydrogens (tertiary/aromatic N) is 3. The van der Waals surface area contributed by atoms with Gasteiger partial charge in [-0.25, -0.2) is 4.39 Å². The summed E-state index contributed by atoms with van der Waals surface area (Å²) in [5.41, 5.74) is 1.07. The molecule has 0 bridgehead atoms. The Morgan fingerprint density at radius 1 is 1.19 bits per heavy atom. The van der Waals surface area contributed by atoms with E-state index < -0.39 is 0 Å². The lowest BCUT2D eigenvalue weighted by Gasteiger charge is -2.12. The molecule has 3 aromatic rings. The van der Waals surface area contributed by atoms with Gasteiger partial charge in [0.1, 0.15) is 23.1 Å². The van der Waals surface area contributed by atoms with Crippen molar-refractivity contribution in [3.8, 4) is 17.2 Å². The quantitative estimate of drug-likeness (QED) is 0.441. The number of ether oxygens (including phenoxy) is 2. The number of amides is 1. The highest BCUT2D eigenvalue weighted by Crippen LogP contribution is 2.25. The Hall–Kier alpha value is -3.04. The van der Waals surface area contributed by atoms with Crippen molar-refractivity contribution in [2.24, 2.45) is 0 Å². The Bertz CT molecular complexity index is 1110. The van der Waals surface area contributed by atoms with Gasteiger partial charge in [-0.15, -0.1) is 10.2 Å². The third kappa shape index (κ3) is 5.80. The summed E-state index contributed by atoms with van der Waals surface area (Å²) < 4.78 is 25.7. The molecule has 7 nitrogen and oxygen atoms in total. The van der Waals surface area contributed by atoms with E-state index in [2.05, 4.69) is 22.1 Å². The third-order valence-corrected chi connectivity index (χ3v) is 5.74. The molecule has 1 heterocycles. The average molecular weight is 477 g/mol. The van der Waals surface area contributed by atoms with Crippen LogP contribution >= 0.6 is 23.4 Å². The van der Waals surface area contributed by atoms with Crippen LogP contribution in [0.3, 0.4) is 0 Å². The van der Waals surface area contributed by atoms with Gasteiger partial charge in [0.15, 0.2) is 5.16 Å². The second-order valence-electron chi connectivity index (χ2n) is 6.59. The van der Waals surface area contributed by atoms with Crippen LogP contribution in [0.1, 0.15) is 16.2 Å². The van der Waals surface area contributed by atoms with Gasteiger partial charge in [-0.05, 0) is 42.5 Å².